The molecule has 0 saturated heterocycles. The van der Waals surface area contributed by atoms with E-state index < -0.39 is 42.7 Å². The van der Waals surface area contributed by atoms with E-state index in [1.54, 1.807) is 53.4 Å². The first-order valence-corrected chi connectivity index (χ1v) is 22.7. The van der Waals surface area contributed by atoms with Gasteiger partial charge in [0.2, 0.25) is 22.1 Å². The zero-order valence-electron chi connectivity index (χ0n) is 30.6. The highest BCUT2D eigenvalue weighted by atomic mass is 35.5. The normalized spacial score (nSPS) is 12.5. The standard InChI is InChI=1S/C35H37Cl3N8O6S4/c1-6-7-21-8-14-25(15-9-21)55(49,50)44-34-40-31(42-53-34)22-10-12-24(13-11-22)39-29(47)18-26(33(48)46(19(2)3)20(4)5)32-41-35(54-43-32)45-56(51,52)30-27(37)16-23(36)17-28(30)38/h8-17,19-20,26H,6-7,18H2,1-5H3,(H,39,47)(H,40,42,44)(H,41,43,45). The Kier molecular flexibility index (Phi) is 14.0. The van der Waals surface area contributed by atoms with E-state index in [2.05, 4.69) is 33.5 Å². The lowest BCUT2D eigenvalue weighted by molar-refractivity contribution is -0.138. The van der Waals surface area contributed by atoms with Crippen molar-refractivity contribution in [2.24, 2.45) is 0 Å². The number of sulfonamides is 2. The molecule has 3 aromatic carbocycles. The molecule has 0 aliphatic carbocycles. The highest BCUT2D eigenvalue weighted by Crippen LogP contribution is 2.35. The topological polar surface area (TPSA) is 193 Å². The number of rotatable bonds is 16. The van der Waals surface area contributed by atoms with E-state index >= 15 is 0 Å². The molecule has 0 fully saturated rings. The molecule has 5 aromatic rings. The summed E-state index contributed by atoms with van der Waals surface area (Å²) in [6.07, 6.45) is 1.43. The predicted octanol–water partition coefficient (Wildman–Crippen LogP) is 8.33. The van der Waals surface area contributed by atoms with Gasteiger partial charge in [0, 0.05) is 57.8 Å². The van der Waals surface area contributed by atoms with Crippen molar-refractivity contribution >= 4 is 106 Å². The Hall–Kier alpha value is -3.91. The number of carbonyl (C=O) groups excluding carboxylic acids is 2. The number of benzene rings is 3. The minimum absolute atomic E-state index is 0.0580. The van der Waals surface area contributed by atoms with Gasteiger partial charge in [-0.05, 0) is 88.2 Å². The van der Waals surface area contributed by atoms with E-state index in [1.807, 2.05) is 34.6 Å². The third-order valence-electron chi connectivity index (χ3n) is 8.11. The SMILES string of the molecule is CCCc1ccc(S(=O)(=O)Nc2nc(-c3ccc(NC(=O)CC(C(=O)N(C(C)C)C(C)C)c4nsc(NS(=O)(=O)c5c(Cl)cc(Cl)cc5Cl)n4)cc3)ns2)cc1. The average Bonchev–Trinajstić information content (AvgIpc) is 3.76. The Morgan fingerprint density at radius 3 is 1.95 bits per heavy atom. The Balaban J connectivity index is 1.30. The fraction of sp³-hybridized carbons (Fsp3) is 0.314. The molecular weight excluding hydrogens is 863 g/mol. The fourth-order valence-corrected chi connectivity index (χ4v) is 10.9. The molecule has 5 rings (SSSR count). The molecule has 2 heterocycles. The molecule has 0 spiro atoms. The third kappa shape index (κ3) is 10.5. The lowest BCUT2D eigenvalue weighted by Crippen LogP contribution is -2.45. The number of amides is 2. The number of aromatic nitrogens is 4. The van der Waals surface area contributed by atoms with Crippen LogP contribution >= 0.6 is 57.9 Å². The van der Waals surface area contributed by atoms with E-state index in [0.29, 0.717) is 22.8 Å². The number of hydrogen-bond acceptors (Lipinski definition) is 12. The van der Waals surface area contributed by atoms with Crippen LogP contribution in [0.4, 0.5) is 16.0 Å². The van der Waals surface area contributed by atoms with Crippen molar-refractivity contribution in [2.75, 3.05) is 14.8 Å². The van der Waals surface area contributed by atoms with Crippen LogP contribution in [-0.4, -0.2) is 64.3 Å². The van der Waals surface area contributed by atoms with Crippen molar-refractivity contribution in [1.82, 2.24) is 23.6 Å². The number of hydrogen-bond donors (Lipinski definition) is 3. The summed E-state index contributed by atoms with van der Waals surface area (Å²) in [5.41, 5.74) is 2.01. The first-order valence-electron chi connectivity index (χ1n) is 17.1. The van der Waals surface area contributed by atoms with Gasteiger partial charge in [-0.25, -0.2) is 21.8 Å². The molecule has 3 N–H and O–H groups in total. The predicted molar refractivity (Wildman–Crippen MR) is 222 cm³/mol. The van der Waals surface area contributed by atoms with Crippen LogP contribution in [0.2, 0.25) is 15.1 Å². The monoisotopic (exact) mass is 898 g/mol. The van der Waals surface area contributed by atoms with Crippen molar-refractivity contribution in [1.29, 1.82) is 0 Å². The number of carbonyl (C=O) groups is 2. The zero-order valence-corrected chi connectivity index (χ0v) is 36.1. The van der Waals surface area contributed by atoms with Crippen molar-refractivity contribution in [3.63, 3.8) is 0 Å². The lowest BCUT2D eigenvalue weighted by atomic mass is 10.00. The summed E-state index contributed by atoms with van der Waals surface area (Å²) in [5.74, 6) is -1.92. The summed E-state index contributed by atoms with van der Waals surface area (Å²) >= 11 is 19.8. The van der Waals surface area contributed by atoms with Gasteiger partial charge in [-0.1, -0.05) is 60.3 Å². The molecule has 0 saturated carbocycles. The molecule has 0 bridgehead atoms. The number of nitrogens with one attached hydrogen (secondary N) is 3. The van der Waals surface area contributed by atoms with E-state index in [1.165, 1.54) is 12.1 Å². The molecule has 2 aromatic heterocycles. The smallest absolute Gasteiger partial charge is 0.266 e. The van der Waals surface area contributed by atoms with Crippen LogP contribution in [0.5, 0.6) is 0 Å². The first-order chi connectivity index (χ1) is 26.4. The van der Waals surface area contributed by atoms with Crippen molar-refractivity contribution in [3.8, 4) is 11.4 Å². The Bertz CT molecular complexity index is 2390. The van der Waals surface area contributed by atoms with Gasteiger partial charge in [-0.3, -0.25) is 19.0 Å². The number of aryl methyl sites for hydroxylation is 1. The second-order valence-electron chi connectivity index (χ2n) is 13.0. The maximum atomic E-state index is 14.0. The molecule has 21 heteroatoms. The van der Waals surface area contributed by atoms with Crippen LogP contribution in [0.3, 0.4) is 0 Å². The lowest BCUT2D eigenvalue weighted by Gasteiger charge is -2.33. The Labute approximate surface area is 348 Å². The third-order valence-corrected chi connectivity index (χ3v) is 13.5. The summed E-state index contributed by atoms with van der Waals surface area (Å²) < 4.78 is 65.6. The van der Waals surface area contributed by atoms with E-state index in [4.69, 9.17) is 34.8 Å². The van der Waals surface area contributed by atoms with Gasteiger partial charge in [-0.15, -0.1) is 0 Å². The van der Waals surface area contributed by atoms with Gasteiger partial charge in [0.05, 0.1) is 14.9 Å². The van der Waals surface area contributed by atoms with Crippen LogP contribution in [-0.2, 0) is 36.1 Å². The number of halogens is 3. The maximum Gasteiger partial charge on any atom is 0.266 e. The highest BCUT2D eigenvalue weighted by Gasteiger charge is 2.35. The molecule has 0 radical (unpaired) electrons. The Morgan fingerprint density at radius 2 is 1.36 bits per heavy atom. The van der Waals surface area contributed by atoms with Gasteiger partial charge in [0.1, 0.15) is 10.8 Å². The molecule has 1 unspecified atom stereocenters. The molecule has 2 amide bonds. The Morgan fingerprint density at radius 1 is 0.786 bits per heavy atom. The van der Waals surface area contributed by atoms with Crippen LogP contribution in [0.25, 0.3) is 11.4 Å². The summed E-state index contributed by atoms with van der Waals surface area (Å²) in [4.78, 5) is 37.4. The van der Waals surface area contributed by atoms with E-state index in [-0.39, 0.29) is 60.4 Å². The van der Waals surface area contributed by atoms with Crippen LogP contribution in [0.1, 0.15) is 64.8 Å². The molecule has 0 aliphatic rings. The minimum Gasteiger partial charge on any atom is -0.337 e. The van der Waals surface area contributed by atoms with Gasteiger partial charge in [0.25, 0.3) is 20.0 Å². The van der Waals surface area contributed by atoms with E-state index in [9.17, 15) is 26.4 Å². The molecule has 298 valence electrons. The maximum absolute atomic E-state index is 14.0. The first kappa shape index (κ1) is 43.2. The minimum atomic E-state index is -4.35. The fourth-order valence-electron chi connectivity index (χ4n) is 5.72. The van der Waals surface area contributed by atoms with Gasteiger partial charge < -0.3 is 10.2 Å². The van der Waals surface area contributed by atoms with E-state index in [0.717, 1.165) is 29.9 Å². The van der Waals surface area contributed by atoms with Crippen LogP contribution in [0, 0.1) is 0 Å². The van der Waals surface area contributed by atoms with Crippen molar-refractivity contribution < 1.29 is 26.4 Å². The molecule has 0 aliphatic heterocycles. The molecule has 56 heavy (non-hydrogen) atoms. The summed E-state index contributed by atoms with van der Waals surface area (Å²) in [6, 6.07) is 15.2. The van der Waals surface area contributed by atoms with Crippen molar-refractivity contribution in [3.05, 3.63) is 87.1 Å². The van der Waals surface area contributed by atoms with Gasteiger partial charge >= 0.3 is 0 Å². The van der Waals surface area contributed by atoms with Crippen LogP contribution < -0.4 is 14.8 Å². The summed E-state index contributed by atoms with van der Waals surface area (Å²) in [5, 5.41) is 2.42. The van der Waals surface area contributed by atoms with Crippen LogP contribution in [0.15, 0.2) is 70.5 Å². The van der Waals surface area contributed by atoms with Crippen molar-refractivity contribution in [2.45, 2.75) is 81.7 Å². The van der Waals surface area contributed by atoms with Gasteiger partial charge in [-0.2, -0.15) is 13.7 Å². The second kappa shape index (κ2) is 18.1. The number of nitrogens with zero attached hydrogens (tertiary/aromatic N) is 5. The second-order valence-corrected chi connectivity index (χ2v) is 19.1. The number of anilines is 3. The summed E-state index contributed by atoms with van der Waals surface area (Å²) in [6.45, 7) is 9.40. The zero-order chi connectivity index (χ0) is 40.9. The molecular formula is C35H37Cl3N8O6S4. The quantitative estimate of drug-likeness (QED) is 0.0867. The average molecular weight is 900 g/mol. The largest absolute Gasteiger partial charge is 0.337 e. The van der Waals surface area contributed by atoms with Gasteiger partial charge in [0.15, 0.2) is 11.6 Å². The highest BCUT2D eigenvalue weighted by molar-refractivity contribution is 7.93. The molecule has 1 atom stereocenters. The molecule has 14 nitrogen and oxygen atoms in total. The summed E-state index contributed by atoms with van der Waals surface area (Å²) in [7, 11) is -8.23.